The van der Waals surface area contributed by atoms with Gasteiger partial charge < -0.3 is 5.32 Å². The lowest BCUT2D eigenvalue weighted by molar-refractivity contribution is -0.125. The van der Waals surface area contributed by atoms with Crippen molar-refractivity contribution < 1.29 is 4.79 Å². The fourth-order valence-corrected chi connectivity index (χ4v) is 1.33. The third kappa shape index (κ3) is 2.00. The Labute approximate surface area is 79.1 Å². The highest BCUT2D eigenvalue weighted by Gasteiger charge is 2.50. The molecule has 0 atom stereocenters. The van der Waals surface area contributed by atoms with E-state index in [4.69, 9.17) is 5.26 Å². The predicted molar refractivity (Wildman–Crippen MR) is 49.8 cm³/mol. The number of rotatable bonds is 4. The predicted octanol–water partition coefficient (Wildman–Crippen LogP) is 1.59. The molecular weight excluding hydrogens is 164 g/mol. The lowest BCUT2D eigenvalue weighted by Gasteiger charge is -2.16. The summed E-state index contributed by atoms with van der Waals surface area (Å²) < 4.78 is 0. The first-order valence-electron chi connectivity index (χ1n) is 4.90. The summed E-state index contributed by atoms with van der Waals surface area (Å²) in [5.41, 5.74) is -0.664. The number of carbonyl (C=O) groups excluding carboxylic acids is 1. The number of carbonyl (C=O) groups is 1. The molecule has 3 heteroatoms. The summed E-state index contributed by atoms with van der Waals surface area (Å²) in [7, 11) is 0. The Morgan fingerprint density at radius 2 is 2.08 bits per heavy atom. The van der Waals surface area contributed by atoms with Crippen LogP contribution in [0.2, 0.25) is 0 Å². The number of nitrogens with one attached hydrogen (secondary N) is 1. The van der Waals surface area contributed by atoms with Crippen molar-refractivity contribution in [3.63, 3.8) is 0 Å². The van der Waals surface area contributed by atoms with Crippen molar-refractivity contribution in [1.82, 2.24) is 5.32 Å². The van der Waals surface area contributed by atoms with E-state index in [0.29, 0.717) is 0 Å². The lowest BCUT2D eigenvalue weighted by Crippen LogP contribution is -2.38. The van der Waals surface area contributed by atoms with Crippen molar-refractivity contribution in [3.05, 3.63) is 0 Å². The van der Waals surface area contributed by atoms with Crippen LogP contribution in [0.4, 0.5) is 0 Å². The van der Waals surface area contributed by atoms with Gasteiger partial charge in [0, 0.05) is 6.04 Å². The first-order valence-corrected chi connectivity index (χ1v) is 4.90. The maximum Gasteiger partial charge on any atom is 0.240 e. The van der Waals surface area contributed by atoms with Crippen LogP contribution in [-0.4, -0.2) is 11.9 Å². The third-order valence-corrected chi connectivity index (χ3v) is 2.72. The van der Waals surface area contributed by atoms with Crippen molar-refractivity contribution in [2.45, 2.75) is 45.6 Å². The molecule has 13 heavy (non-hydrogen) atoms. The molecule has 0 bridgehead atoms. The summed E-state index contributed by atoms with van der Waals surface area (Å²) in [4.78, 5) is 11.6. The summed E-state index contributed by atoms with van der Waals surface area (Å²) in [5, 5.41) is 11.7. The fraction of sp³-hybridized carbons (Fsp3) is 0.800. The summed E-state index contributed by atoms with van der Waals surface area (Å²) >= 11 is 0. The third-order valence-electron chi connectivity index (χ3n) is 2.72. The van der Waals surface area contributed by atoms with E-state index in [0.717, 1.165) is 25.7 Å². The van der Waals surface area contributed by atoms with Gasteiger partial charge in [0.15, 0.2) is 0 Å². The van der Waals surface area contributed by atoms with Crippen molar-refractivity contribution in [2.75, 3.05) is 0 Å². The number of hydrogen-bond acceptors (Lipinski definition) is 2. The molecule has 0 radical (unpaired) electrons. The maximum atomic E-state index is 11.6. The maximum absolute atomic E-state index is 11.6. The van der Waals surface area contributed by atoms with Gasteiger partial charge in [0.1, 0.15) is 5.41 Å². The minimum absolute atomic E-state index is 0.0660. The quantitative estimate of drug-likeness (QED) is 0.714. The van der Waals surface area contributed by atoms with E-state index in [1.807, 2.05) is 13.8 Å². The second-order valence-corrected chi connectivity index (χ2v) is 3.68. The van der Waals surface area contributed by atoms with Crippen LogP contribution in [0.5, 0.6) is 0 Å². The van der Waals surface area contributed by atoms with Gasteiger partial charge >= 0.3 is 0 Å². The Morgan fingerprint density at radius 1 is 1.54 bits per heavy atom. The van der Waals surface area contributed by atoms with E-state index in [9.17, 15) is 4.79 Å². The molecule has 0 spiro atoms. The zero-order valence-electron chi connectivity index (χ0n) is 8.26. The minimum Gasteiger partial charge on any atom is -0.352 e. The molecule has 1 rings (SSSR count). The van der Waals surface area contributed by atoms with E-state index in [-0.39, 0.29) is 11.9 Å². The van der Waals surface area contributed by atoms with Crippen molar-refractivity contribution in [1.29, 1.82) is 5.26 Å². The van der Waals surface area contributed by atoms with Gasteiger partial charge in [-0.15, -0.1) is 0 Å². The molecule has 0 saturated heterocycles. The molecule has 1 aliphatic carbocycles. The molecule has 72 valence electrons. The molecule has 1 saturated carbocycles. The zero-order chi connectivity index (χ0) is 9.90. The van der Waals surface area contributed by atoms with Crippen LogP contribution in [0.15, 0.2) is 0 Å². The molecule has 1 N–H and O–H groups in total. The number of hydrogen-bond donors (Lipinski definition) is 1. The van der Waals surface area contributed by atoms with E-state index in [1.165, 1.54) is 0 Å². The van der Waals surface area contributed by atoms with E-state index < -0.39 is 5.41 Å². The molecule has 0 aliphatic heterocycles. The highest BCUT2D eigenvalue weighted by atomic mass is 16.2. The topological polar surface area (TPSA) is 52.9 Å². The van der Waals surface area contributed by atoms with Gasteiger partial charge in [-0.2, -0.15) is 5.26 Å². The summed E-state index contributed by atoms with van der Waals surface area (Å²) in [6.45, 7) is 4.08. The van der Waals surface area contributed by atoms with Gasteiger partial charge in [-0.05, 0) is 25.7 Å². The molecule has 0 heterocycles. The Bertz CT molecular complexity index is 234. The van der Waals surface area contributed by atoms with Crippen LogP contribution >= 0.6 is 0 Å². The molecular formula is C10H16N2O. The van der Waals surface area contributed by atoms with Gasteiger partial charge in [-0.1, -0.05) is 13.8 Å². The second-order valence-electron chi connectivity index (χ2n) is 3.68. The van der Waals surface area contributed by atoms with Gasteiger partial charge in [0.25, 0.3) is 0 Å². The first kappa shape index (κ1) is 10.0. The highest BCUT2D eigenvalue weighted by Crippen LogP contribution is 2.45. The van der Waals surface area contributed by atoms with E-state index in [2.05, 4.69) is 11.4 Å². The van der Waals surface area contributed by atoms with Gasteiger partial charge in [-0.25, -0.2) is 0 Å². The Kier molecular flexibility index (Phi) is 2.92. The molecule has 1 fully saturated rings. The van der Waals surface area contributed by atoms with E-state index >= 15 is 0 Å². The highest BCUT2D eigenvalue weighted by molar-refractivity contribution is 5.88. The molecule has 0 aromatic carbocycles. The number of nitriles is 1. The standard InChI is InChI=1S/C10H16N2O/c1-3-8(4-2)12-9(13)10(7-11)5-6-10/h8H,3-6H2,1-2H3,(H,12,13). The molecule has 1 aliphatic rings. The summed E-state index contributed by atoms with van der Waals surface area (Å²) in [5.74, 6) is -0.0660. The van der Waals surface area contributed by atoms with Gasteiger partial charge in [0.2, 0.25) is 5.91 Å². The number of amides is 1. The minimum atomic E-state index is -0.664. The van der Waals surface area contributed by atoms with Crippen LogP contribution in [0.3, 0.4) is 0 Å². The summed E-state index contributed by atoms with van der Waals surface area (Å²) in [6.07, 6.45) is 3.33. The van der Waals surface area contributed by atoms with Crippen molar-refractivity contribution in [3.8, 4) is 6.07 Å². The zero-order valence-corrected chi connectivity index (χ0v) is 8.26. The average molecular weight is 180 g/mol. The Hall–Kier alpha value is -1.04. The van der Waals surface area contributed by atoms with E-state index in [1.54, 1.807) is 0 Å². The van der Waals surface area contributed by atoms with Gasteiger partial charge in [0.05, 0.1) is 6.07 Å². The Morgan fingerprint density at radius 3 is 2.38 bits per heavy atom. The van der Waals surface area contributed by atoms with Crippen LogP contribution in [-0.2, 0) is 4.79 Å². The molecule has 0 aromatic heterocycles. The van der Waals surface area contributed by atoms with Crippen molar-refractivity contribution >= 4 is 5.91 Å². The Balaban J connectivity index is 2.46. The molecule has 3 nitrogen and oxygen atoms in total. The van der Waals surface area contributed by atoms with Crippen molar-refractivity contribution in [2.24, 2.45) is 5.41 Å². The van der Waals surface area contributed by atoms with Crippen LogP contribution < -0.4 is 5.32 Å². The molecule has 0 unspecified atom stereocenters. The van der Waals surface area contributed by atoms with Crippen LogP contribution in [0.25, 0.3) is 0 Å². The average Bonchev–Trinajstić information content (AvgIpc) is 2.94. The second kappa shape index (κ2) is 3.78. The van der Waals surface area contributed by atoms with Gasteiger partial charge in [-0.3, -0.25) is 4.79 Å². The fourth-order valence-electron chi connectivity index (χ4n) is 1.33. The largest absolute Gasteiger partial charge is 0.352 e. The summed E-state index contributed by atoms with van der Waals surface area (Å²) in [6, 6.07) is 2.33. The SMILES string of the molecule is CCC(CC)NC(=O)C1(C#N)CC1. The lowest BCUT2D eigenvalue weighted by atomic mass is 10.1. The number of nitrogens with zero attached hydrogens (tertiary/aromatic N) is 1. The smallest absolute Gasteiger partial charge is 0.240 e. The normalized spacial score (nSPS) is 18.0. The van der Waals surface area contributed by atoms with Crippen LogP contribution in [0.1, 0.15) is 39.5 Å². The van der Waals surface area contributed by atoms with Crippen LogP contribution in [0, 0.1) is 16.7 Å². The molecule has 1 amide bonds. The first-order chi connectivity index (χ1) is 6.18. The monoisotopic (exact) mass is 180 g/mol. The molecule has 0 aromatic rings.